The Bertz CT molecular complexity index is 484. The summed E-state index contributed by atoms with van der Waals surface area (Å²) in [4.78, 5) is 16.2. The third-order valence-electron chi connectivity index (χ3n) is 3.88. The molecule has 0 aliphatic carbocycles. The quantitative estimate of drug-likeness (QED) is 0.834. The monoisotopic (exact) mass is 292 g/mol. The first-order valence-corrected chi connectivity index (χ1v) is 7.36. The molecule has 0 spiro atoms. The summed E-state index contributed by atoms with van der Waals surface area (Å²) >= 11 is 0. The first-order valence-electron chi connectivity index (χ1n) is 7.36. The zero-order chi connectivity index (χ0) is 15.2. The van der Waals surface area contributed by atoms with Gasteiger partial charge >= 0.3 is 0 Å². The first kappa shape index (κ1) is 15.5. The van der Waals surface area contributed by atoms with E-state index in [1.807, 2.05) is 35.0 Å². The Morgan fingerprint density at radius 3 is 2.52 bits per heavy atom. The number of benzene rings is 1. The third kappa shape index (κ3) is 3.80. The van der Waals surface area contributed by atoms with Crippen molar-refractivity contribution in [2.75, 3.05) is 45.8 Å². The molecule has 0 bridgehead atoms. The van der Waals surface area contributed by atoms with Gasteiger partial charge in [0.15, 0.2) is 0 Å². The minimum absolute atomic E-state index is 0.169. The lowest BCUT2D eigenvalue weighted by molar-refractivity contribution is -0.130. The minimum Gasteiger partial charge on any atom is -0.497 e. The zero-order valence-electron chi connectivity index (χ0n) is 13.1. The Balaban J connectivity index is 2.08. The maximum absolute atomic E-state index is 12.3. The molecule has 0 saturated carbocycles. The van der Waals surface area contributed by atoms with Gasteiger partial charge in [-0.1, -0.05) is 0 Å². The average molecular weight is 292 g/mol. The summed E-state index contributed by atoms with van der Waals surface area (Å²) < 4.78 is 10.6. The van der Waals surface area contributed by atoms with Gasteiger partial charge in [-0.2, -0.15) is 0 Å². The number of carbonyl (C=O) groups is 1. The highest BCUT2D eigenvalue weighted by atomic mass is 16.5. The molecule has 0 unspecified atom stereocenters. The molecule has 5 nitrogen and oxygen atoms in total. The SMILES string of the molecule is COc1ccc(OC)c(N(C)CC(=O)N2CCCCC2)c1. The van der Waals surface area contributed by atoms with Gasteiger partial charge in [0.05, 0.1) is 26.5 Å². The lowest BCUT2D eigenvalue weighted by Gasteiger charge is -2.29. The molecular formula is C16H24N2O3. The van der Waals surface area contributed by atoms with Crippen LogP contribution in [0.5, 0.6) is 11.5 Å². The Morgan fingerprint density at radius 1 is 1.19 bits per heavy atom. The number of nitrogens with zero attached hydrogens (tertiary/aromatic N) is 2. The molecule has 1 amide bonds. The number of ether oxygens (including phenoxy) is 2. The molecule has 1 saturated heterocycles. The number of anilines is 1. The van der Waals surface area contributed by atoms with Gasteiger partial charge in [0.25, 0.3) is 0 Å². The van der Waals surface area contributed by atoms with Gasteiger partial charge in [-0.25, -0.2) is 0 Å². The fourth-order valence-electron chi connectivity index (χ4n) is 2.63. The van der Waals surface area contributed by atoms with Crippen LogP contribution >= 0.6 is 0 Å². The van der Waals surface area contributed by atoms with Gasteiger partial charge in [0, 0.05) is 26.2 Å². The molecule has 1 aliphatic rings. The number of hydrogen-bond donors (Lipinski definition) is 0. The summed E-state index contributed by atoms with van der Waals surface area (Å²) in [6, 6.07) is 5.60. The van der Waals surface area contributed by atoms with Crippen LogP contribution in [0, 0.1) is 0 Å². The molecule has 1 aromatic rings. The highest BCUT2D eigenvalue weighted by Gasteiger charge is 2.19. The van der Waals surface area contributed by atoms with Crippen molar-refractivity contribution in [1.82, 2.24) is 4.90 Å². The summed E-state index contributed by atoms with van der Waals surface area (Å²) in [7, 11) is 5.16. The van der Waals surface area contributed by atoms with E-state index in [4.69, 9.17) is 9.47 Å². The van der Waals surface area contributed by atoms with Gasteiger partial charge < -0.3 is 19.3 Å². The molecule has 0 atom stereocenters. The normalized spacial score (nSPS) is 14.7. The van der Waals surface area contributed by atoms with E-state index in [0.29, 0.717) is 6.54 Å². The predicted molar refractivity (Wildman–Crippen MR) is 83.2 cm³/mol. The van der Waals surface area contributed by atoms with Crippen molar-refractivity contribution in [1.29, 1.82) is 0 Å². The smallest absolute Gasteiger partial charge is 0.242 e. The minimum atomic E-state index is 0.169. The second-order valence-corrected chi connectivity index (χ2v) is 5.34. The van der Waals surface area contributed by atoms with E-state index in [2.05, 4.69) is 0 Å². The molecule has 21 heavy (non-hydrogen) atoms. The molecule has 116 valence electrons. The van der Waals surface area contributed by atoms with E-state index in [-0.39, 0.29) is 5.91 Å². The van der Waals surface area contributed by atoms with Crippen molar-refractivity contribution in [3.05, 3.63) is 18.2 Å². The second kappa shape index (κ2) is 7.20. The number of likely N-dealkylation sites (N-methyl/N-ethyl adjacent to an activating group) is 1. The topological polar surface area (TPSA) is 42.0 Å². The standard InChI is InChI=1S/C16H24N2O3/c1-17(12-16(19)18-9-5-4-6-10-18)14-11-13(20-2)7-8-15(14)21-3/h7-8,11H,4-6,9-10,12H2,1-3H3. The van der Waals surface area contributed by atoms with Crippen molar-refractivity contribution >= 4 is 11.6 Å². The molecule has 1 aliphatic heterocycles. The van der Waals surface area contributed by atoms with Crippen molar-refractivity contribution in [2.45, 2.75) is 19.3 Å². The number of carbonyl (C=O) groups excluding carboxylic acids is 1. The summed E-state index contributed by atoms with van der Waals surface area (Å²) in [5, 5.41) is 0. The largest absolute Gasteiger partial charge is 0.497 e. The summed E-state index contributed by atoms with van der Waals surface area (Å²) in [6.07, 6.45) is 3.44. The predicted octanol–water partition coefficient (Wildman–Crippen LogP) is 2.15. The van der Waals surface area contributed by atoms with Crippen LogP contribution in [0.2, 0.25) is 0 Å². The molecule has 0 aromatic heterocycles. The van der Waals surface area contributed by atoms with Gasteiger partial charge in [0.2, 0.25) is 5.91 Å². The summed E-state index contributed by atoms with van der Waals surface area (Å²) in [5.74, 6) is 1.66. The van der Waals surface area contributed by atoms with Crippen LogP contribution < -0.4 is 14.4 Å². The Morgan fingerprint density at radius 2 is 1.90 bits per heavy atom. The van der Waals surface area contributed by atoms with Gasteiger partial charge in [-0.05, 0) is 31.4 Å². The lowest BCUT2D eigenvalue weighted by atomic mass is 10.1. The molecule has 0 radical (unpaired) electrons. The fraction of sp³-hybridized carbons (Fsp3) is 0.562. The Hall–Kier alpha value is -1.91. The van der Waals surface area contributed by atoms with Crippen molar-refractivity contribution in [3.63, 3.8) is 0 Å². The van der Waals surface area contributed by atoms with E-state index in [9.17, 15) is 4.79 Å². The number of likely N-dealkylation sites (tertiary alicyclic amines) is 1. The fourth-order valence-corrected chi connectivity index (χ4v) is 2.63. The lowest BCUT2D eigenvalue weighted by Crippen LogP contribution is -2.41. The Labute approximate surface area is 126 Å². The van der Waals surface area contributed by atoms with E-state index in [1.165, 1.54) is 6.42 Å². The Kier molecular flexibility index (Phi) is 5.31. The van der Waals surface area contributed by atoms with Gasteiger partial charge in [0.1, 0.15) is 11.5 Å². The van der Waals surface area contributed by atoms with E-state index in [1.54, 1.807) is 14.2 Å². The number of amides is 1. The van der Waals surface area contributed by atoms with Crippen LogP contribution in [0.25, 0.3) is 0 Å². The molecule has 5 heteroatoms. The second-order valence-electron chi connectivity index (χ2n) is 5.34. The van der Waals surface area contributed by atoms with Crippen LogP contribution in [0.4, 0.5) is 5.69 Å². The molecular weight excluding hydrogens is 268 g/mol. The maximum Gasteiger partial charge on any atom is 0.242 e. The first-order chi connectivity index (χ1) is 10.2. The molecule has 0 N–H and O–H groups in total. The van der Waals surface area contributed by atoms with E-state index < -0.39 is 0 Å². The number of methoxy groups -OCH3 is 2. The summed E-state index contributed by atoms with van der Waals surface area (Å²) in [5.41, 5.74) is 0.863. The zero-order valence-corrected chi connectivity index (χ0v) is 13.1. The van der Waals surface area contributed by atoms with Gasteiger partial charge in [-0.15, -0.1) is 0 Å². The molecule has 1 aromatic carbocycles. The maximum atomic E-state index is 12.3. The highest BCUT2D eigenvalue weighted by molar-refractivity contribution is 5.82. The van der Waals surface area contributed by atoms with Crippen LogP contribution in [0.3, 0.4) is 0 Å². The van der Waals surface area contributed by atoms with Crippen molar-refractivity contribution in [3.8, 4) is 11.5 Å². The summed E-state index contributed by atoms with van der Waals surface area (Å²) in [6.45, 7) is 2.10. The van der Waals surface area contributed by atoms with Crippen LogP contribution in [-0.4, -0.2) is 51.7 Å². The van der Waals surface area contributed by atoms with Crippen molar-refractivity contribution < 1.29 is 14.3 Å². The number of rotatable bonds is 5. The van der Waals surface area contributed by atoms with E-state index >= 15 is 0 Å². The van der Waals surface area contributed by atoms with Gasteiger partial charge in [-0.3, -0.25) is 4.79 Å². The van der Waals surface area contributed by atoms with Crippen LogP contribution in [0.1, 0.15) is 19.3 Å². The average Bonchev–Trinajstić information content (AvgIpc) is 2.54. The van der Waals surface area contributed by atoms with Crippen LogP contribution in [-0.2, 0) is 4.79 Å². The van der Waals surface area contributed by atoms with Crippen LogP contribution in [0.15, 0.2) is 18.2 Å². The van der Waals surface area contributed by atoms with E-state index in [0.717, 1.165) is 43.1 Å². The number of piperidine rings is 1. The molecule has 1 fully saturated rings. The molecule has 1 heterocycles. The number of hydrogen-bond acceptors (Lipinski definition) is 4. The third-order valence-corrected chi connectivity index (χ3v) is 3.88. The van der Waals surface area contributed by atoms with Crippen molar-refractivity contribution in [2.24, 2.45) is 0 Å². The molecule has 2 rings (SSSR count). The highest BCUT2D eigenvalue weighted by Crippen LogP contribution is 2.31.